The Morgan fingerprint density at radius 3 is 2.65 bits per heavy atom. The molecule has 1 aliphatic rings. The zero-order valence-corrected chi connectivity index (χ0v) is 14.9. The quantitative estimate of drug-likeness (QED) is 0.727. The Labute approximate surface area is 152 Å². The number of aromatic nitrogens is 2. The van der Waals surface area contributed by atoms with Crippen molar-refractivity contribution in [2.45, 2.75) is 13.8 Å². The minimum absolute atomic E-state index is 0.0421. The fourth-order valence-corrected chi connectivity index (χ4v) is 3.14. The molecule has 0 aliphatic carbocycles. The van der Waals surface area contributed by atoms with E-state index in [0.717, 1.165) is 16.8 Å². The number of furan rings is 1. The van der Waals surface area contributed by atoms with Crippen LogP contribution in [0.1, 0.15) is 21.6 Å². The van der Waals surface area contributed by atoms with Gasteiger partial charge < -0.3 is 14.1 Å². The molecule has 0 spiro atoms. The molecule has 0 atom stereocenters. The van der Waals surface area contributed by atoms with Crippen LogP contribution in [0.5, 0.6) is 0 Å². The average Bonchev–Trinajstić information content (AvgIpc) is 3.33. The highest BCUT2D eigenvalue weighted by atomic mass is 16.5. The summed E-state index contributed by atoms with van der Waals surface area (Å²) in [4.78, 5) is 15.0. The Bertz CT molecular complexity index is 922. The highest BCUT2D eigenvalue weighted by molar-refractivity contribution is 5.94. The number of nitrogens with zero attached hydrogens (tertiary/aromatic N) is 3. The molecule has 4 rings (SSSR count). The van der Waals surface area contributed by atoms with Crippen LogP contribution in [0.15, 0.2) is 47.1 Å². The molecule has 2 aromatic heterocycles. The lowest BCUT2D eigenvalue weighted by Crippen LogP contribution is -2.41. The van der Waals surface area contributed by atoms with E-state index in [1.807, 2.05) is 43.0 Å². The summed E-state index contributed by atoms with van der Waals surface area (Å²) in [6.45, 7) is 6.36. The third kappa shape index (κ3) is 3.04. The maximum Gasteiger partial charge on any atom is 0.272 e. The molecule has 6 nitrogen and oxygen atoms in total. The third-order valence-electron chi connectivity index (χ3n) is 4.59. The van der Waals surface area contributed by atoms with Crippen molar-refractivity contribution in [1.29, 1.82) is 0 Å². The van der Waals surface area contributed by atoms with E-state index in [9.17, 15) is 4.79 Å². The van der Waals surface area contributed by atoms with Gasteiger partial charge in [0, 0.05) is 19.2 Å². The van der Waals surface area contributed by atoms with Gasteiger partial charge in [0.25, 0.3) is 5.91 Å². The van der Waals surface area contributed by atoms with Crippen LogP contribution in [0, 0.1) is 13.8 Å². The molecule has 1 aromatic carbocycles. The van der Waals surface area contributed by atoms with Gasteiger partial charge >= 0.3 is 0 Å². The number of carbonyl (C=O) groups excluding carboxylic acids is 1. The molecule has 3 aromatic rings. The predicted octanol–water partition coefficient (Wildman–Crippen LogP) is 3.22. The topological polar surface area (TPSA) is 60.5 Å². The van der Waals surface area contributed by atoms with Gasteiger partial charge in [0.2, 0.25) is 0 Å². The highest BCUT2D eigenvalue weighted by Gasteiger charge is 2.25. The summed E-state index contributed by atoms with van der Waals surface area (Å²) >= 11 is 0. The number of benzene rings is 1. The molecule has 0 unspecified atom stereocenters. The molecule has 1 fully saturated rings. The van der Waals surface area contributed by atoms with Crippen LogP contribution in [-0.4, -0.2) is 46.9 Å². The standard InChI is InChI=1S/C20H21N3O3/c1-14-5-6-15(2)17(12-14)23-18(20(24)22-7-10-25-11-8-22)13-16(21-23)19-4-3-9-26-19/h3-6,9,12-13H,7-8,10-11H2,1-2H3. The van der Waals surface area contributed by atoms with Crippen LogP contribution in [-0.2, 0) is 4.74 Å². The van der Waals surface area contributed by atoms with E-state index in [2.05, 4.69) is 11.2 Å². The molecule has 1 amide bonds. The monoisotopic (exact) mass is 351 g/mol. The van der Waals surface area contributed by atoms with Gasteiger partial charge in [0.1, 0.15) is 11.4 Å². The third-order valence-corrected chi connectivity index (χ3v) is 4.59. The largest absolute Gasteiger partial charge is 0.463 e. The molecule has 0 bridgehead atoms. The van der Waals surface area contributed by atoms with Gasteiger partial charge in [0.05, 0.1) is 25.2 Å². The van der Waals surface area contributed by atoms with Gasteiger partial charge in [-0.15, -0.1) is 0 Å². The van der Waals surface area contributed by atoms with Crippen LogP contribution in [0.4, 0.5) is 0 Å². The second-order valence-electron chi connectivity index (χ2n) is 6.50. The van der Waals surface area contributed by atoms with Crippen LogP contribution in [0.25, 0.3) is 17.1 Å². The summed E-state index contributed by atoms with van der Waals surface area (Å²) in [5.41, 5.74) is 4.25. The molecule has 0 radical (unpaired) electrons. The lowest BCUT2D eigenvalue weighted by atomic mass is 10.1. The van der Waals surface area contributed by atoms with Crippen LogP contribution >= 0.6 is 0 Å². The minimum Gasteiger partial charge on any atom is -0.463 e. The van der Waals surface area contributed by atoms with Crippen LogP contribution in [0.3, 0.4) is 0 Å². The SMILES string of the molecule is Cc1ccc(C)c(-n2nc(-c3ccco3)cc2C(=O)N2CCOCC2)c1. The Morgan fingerprint density at radius 1 is 1.12 bits per heavy atom. The van der Waals surface area contributed by atoms with Crippen molar-refractivity contribution in [1.82, 2.24) is 14.7 Å². The number of aryl methyl sites for hydroxylation is 2. The second kappa shape index (κ2) is 6.80. The number of hydrogen-bond donors (Lipinski definition) is 0. The zero-order chi connectivity index (χ0) is 18.1. The normalized spacial score (nSPS) is 14.6. The zero-order valence-electron chi connectivity index (χ0n) is 14.9. The van der Waals surface area contributed by atoms with E-state index in [4.69, 9.17) is 9.15 Å². The van der Waals surface area contributed by atoms with Gasteiger partial charge in [-0.2, -0.15) is 5.10 Å². The van der Waals surface area contributed by atoms with Gasteiger partial charge in [0.15, 0.2) is 5.76 Å². The molecule has 0 saturated carbocycles. The molecule has 134 valence electrons. The maximum atomic E-state index is 13.2. The fraction of sp³-hybridized carbons (Fsp3) is 0.300. The molecular weight excluding hydrogens is 330 g/mol. The van der Waals surface area contributed by atoms with Crippen molar-refractivity contribution in [2.75, 3.05) is 26.3 Å². The molecule has 6 heteroatoms. The van der Waals surface area contributed by atoms with Crippen molar-refractivity contribution in [3.8, 4) is 17.1 Å². The lowest BCUT2D eigenvalue weighted by Gasteiger charge is -2.27. The van der Waals surface area contributed by atoms with Gasteiger partial charge in [-0.3, -0.25) is 4.79 Å². The number of rotatable bonds is 3. The van der Waals surface area contributed by atoms with Crippen molar-refractivity contribution >= 4 is 5.91 Å². The second-order valence-corrected chi connectivity index (χ2v) is 6.50. The Morgan fingerprint density at radius 2 is 1.92 bits per heavy atom. The van der Waals surface area contributed by atoms with Gasteiger partial charge in [-0.05, 0) is 43.2 Å². The van der Waals surface area contributed by atoms with E-state index in [0.29, 0.717) is 43.5 Å². The molecule has 26 heavy (non-hydrogen) atoms. The Balaban J connectivity index is 1.83. The van der Waals surface area contributed by atoms with Gasteiger partial charge in [-0.25, -0.2) is 4.68 Å². The summed E-state index contributed by atoms with van der Waals surface area (Å²) in [6, 6.07) is 11.6. The molecule has 3 heterocycles. The van der Waals surface area contributed by atoms with Crippen LogP contribution in [0.2, 0.25) is 0 Å². The van der Waals surface area contributed by atoms with E-state index in [-0.39, 0.29) is 5.91 Å². The minimum atomic E-state index is -0.0421. The van der Waals surface area contributed by atoms with Crippen molar-refractivity contribution in [3.63, 3.8) is 0 Å². The fourth-order valence-electron chi connectivity index (χ4n) is 3.14. The molecule has 1 aliphatic heterocycles. The summed E-state index contributed by atoms with van der Waals surface area (Å²) in [6.07, 6.45) is 1.61. The number of carbonyl (C=O) groups is 1. The molecular formula is C20H21N3O3. The van der Waals surface area contributed by atoms with E-state index < -0.39 is 0 Å². The summed E-state index contributed by atoms with van der Waals surface area (Å²) in [5, 5.41) is 4.68. The predicted molar refractivity (Wildman–Crippen MR) is 97.5 cm³/mol. The van der Waals surface area contributed by atoms with E-state index in [1.54, 1.807) is 17.0 Å². The lowest BCUT2D eigenvalue weighted by molar-refractivity contribution is 0.0297. The Hall–Kier alpha value is -2.86. The van der Waals surface area contributed by atoms with Crippen molar-refractivity contribution in [3.05, 3.63) is 59.5 Å². The summed E-state index contributed by atoms with van der Waals surface area (Å²) in [5.74, 6) is 0.601. The van der Waals surface area contributed by atoms with Crippen molar-refractivity contribution in [2.24, 2.45) is 0 Å². The number of morpholine rings is 1. The molecule has 0 N–H and O–H groups in total. The smallest absolute Gasteiger partial charge is 0.272 e. The summed E-state index contributed by atoms with van der Waals surface area (Å²) < 4.78 is 12.6. The molecule has 1 saturated heterocycles. The van der Waals surface area contributed by atoms with E-state index >= 15 is 0 Å². The average molecular weight is 351 g/mol. The first-order valence-corrected chi connectivity index (χ1v) is 8.72. The first kappa shape index (κ1) is 16.6. The maximum absolute atomic E-state index is 13.2. The highest BCUT2D eigenvalue weighted by Crippen LogP contribution is 2.25. The van der Waals surface area contributed by atoms with Crippen LogP contribution < -0.4 is 0 Å². The summed E-state index contributed by atoms with van der Waals surface area (Å²) in [7, 11) is 0. The Kier molecular flexibility index (Phi) is 4.34. The van der Waals surface area contributed by atoms with Crippen molar-refractivity contribution < 1.29 is 13.9 Å². The number of amides is 1. The number of ether oxygens (including phenoxy) is 1. The first-order valence-electron chi connectivity index (χ1n) is 8.72. The first-order chi connectivity index (χ1) is 12.6. The van der Waals surface area contributed by atoms with Gasteiger partial charge in [-0.1, -0.05) is 12.1 Å². The number of hydrogen-bond acceptors (Lipinski definition) is 4. The van der Waals surface area contributed by atoms with E-state index in [1.165, 1.54) is 0 Å².